The summed E-state index contributed by atoms with van der Waals surface area (Å²) in [5.41, 5.74) is 3.06. The number of nitrogens with zero attached hydrogens (tertiary/aromatic N) is 2. The van der Waals surface area contributed by atoms with E-state index >= 15 is 0 Å². The van der Waals surface area contributed by atoms with Crippen molar-refractivity contribution >= 4 is 23.8 Å². The summed E-state index contributed by atoms with van der Waals surface area (Å²) in [4.78, 5) is 0. The van der Waals surface area contributed by atoms with Gasteiger partial charge in [0, 0.05) is 19.0 Å². The van der Waals surface area contributed by atoms with Crippen LogP contribution in [0.25, 0.3) is 16.6 Å². The van der Waals surface area contributed by atoms with E-state index in [0.29, 0.717) is 13.0 Å². The first-order valence-electron chi connectivity index (χ1n) is 9.07. The van der Waals surface area contributed by atoms with Gasteiger partial charge in [0.1, 0.15) is 0 Å². The molecule has 1 aromatic heterocycles. The molecule has 0 radical (unpaired) electrons. The molecule has 3 aromatic rings. The summed E-state index contributed by atoms with van der Waals surface area (Å²) in [6, 6.07) is 18.2. The Morgan fingerprint density at radius 1 is 1.00 bits per heavy atom. The second-order valence-corrected chi connectivity index (χ2v) is 7.75. The fourth-order valence-corrected chi connectivity index (χ4v) is 2.92. The van der Waals surface area contributed by atoms with Crippen LogP contribution in [0.4, 0.5) is 0 Å². The van der Waals surface area contributed by atoms with Gasteiger partial charge in [0.25, 0.3) is 0 Å². The van der Waals surface area contributed by atoms with Crippen LogP contribution in [-0.2, 0) is 9.39 Å². The second-order valence-electron chi connectivity index (χ2n) is 7.75. The van der Waals surface area contributed by atoms with E-state index in [9.17, 15) is 0 Å². The average Bonchev–Trinajstić information content (AvgIpc) is 3.09. The van der Waals surface area contributed by atoms with Crippen molar-refractivity contribution in [3.05, 3.63) is 60.3 Å². The first kappa shape index (κ1) is 19.2. The van der Waals surface area contributed by atoms with Crippen LogP contribution in [0.2, 0.25) is 0 Å². The van der Waals surface area contributed by atoms with Crippen molar-refractivity contribution < 1.29 is 9.39 Å². The van der Waals surface area contributed by atoms with Crippen LogP contribution in [0.3, 0.4) is 0 Å². The van der Waals surface area contributed by atoms with Gasteiger partial charge in [0.15, 0.2) is 0 Å². The third-order valence-corrected chi connectivity index (χ3v) is 5.57. The lowest BCUT2D eigenvalue weighted by atomic mass is 9.82. The van der Waals surface area contributed by atoms with Crippen molar-refractivity contribution in [2.45, 2.75) is 38.9 Å². The molecule has 5 heteroatoms. The van der Waals surface area contributed by atoms with Crippen LogP contribution in [0.1, 0.15) is 33.3 Å². The molecule has 0 spiro atoms. The van der Waals surface area contributed by atoms with Crippen molar-refractivity contribution in [3.63, 3.8) is 0 Å². The van der Waals surface area contributed by atoms with Gasteiger partial charge in [-0.25, -0.2) is 0 Å². The fraction of sp³-hybridized carbons (Fsp3) is 0.318. The molecule has 2 aromatic carbocycles. The molecule has 0 aliphatic rings. The molecule has 0 amide bonds. The van der Waals surface area contributed by atoms with Crippen LogP contribution >= 0.6 is 0 Å². The number of methoxy groups -OCH3 is 1. The molecule has 138 valence electrons. The lowest BCUT2D eigenvalue weighted by Crippen LogP contribution is -2.50. The van der Waals surface area contributed by atoms with Crippen molar-refractivity contribution in [1.82, 2.24) is 4.57 Å². The fourth-order valence-electron chi connectivity index (χ4n) is 2.92. The van der Waals surface area contributed by atoms with Crippen molar-refractivity contribution in [2.75, 3.05) is 7.11 Å². The highest BCUT2D eigenvalue weighted by molar-refractivity contribution is 6.47. The van der Waals surface area contributed by atoms with Crippen LogP contribution in [0, 0.1) is 11.3 Å². The average molecular weight is 360 g/mol. The highest BCUT2D eigenvalue weighted by atomic mass is 16.5. The van der Waals surface area contributed by atoms with Gasteiger partial charge in [-0.2, -0.15) is 5.26 Å². The van der Waals surface area contributed by atoms with Crippen LogP contribution in [0.5, 0.6) is 0 Å². The summed E-state index contributed by atoms with van der Waals surface area (Å²) in [6.45, 7) is 8.17. The molecular formula is C22H25BN2O2. The molecule has 0 unspecified atom stereocenters. The molecule has 1 heterocycles. The van der Waals surface area contributed by atoms with Gasteiger partial charge in [-0.05, 0) is 63.4 Å². The lowest BCUT2D eigenvalue weighted by molar-refractivity contribution is -0.114. The quantitative estimate of drug-likeness (QED) is 0.630. The lowest BCUT2D eigenvalue weighted by Gasteiger charge is -2.40. The highest BCUT2D eigenvalue weighted by Crippen LogP contribution is 2.28. The number of hydrogen-bond acceptors (Lipinski definition) is 3. The molecule has 0 saturated carbocycles. The summed E-state index contributed by atoms with van der Waals surface area (Å²) in [5, 5.41) is 10.3. The highest BCUT2D eigenvalue weighted by Gasteiger charge is 2.37. The van der Waals surface area contributed by atoms with E-state index < -0.39 is 5.60 Å². The number of ether oxygens (including phenoxy) is 1. The Hall–Kier alpha value is -2.55. The first-order valence-corrected chi connectivity index (χ1v) is 9.07. The third-order valence-electron chi connectivity index (χ3n) is 5.57. The molecule has 0 fully saturated rings. The van der Waals surface area contributed by atoms with Crippen LogP contribution < -0.4 is 5.46 Å². The molecule has 0 N–H and O–H groups in total. The number of fused-ring (bicyclic) bond motifs is 1. The van der Waals surface area contributed by atoms with Gasteiger partial charge in [0.05, 0.1) is 28.4 Å². The molecule has 0 aliphatic carbocycles. The summed E-state index contributed by atoms with van der Waals surface area (Å²) >= 11 is 0. The Bertz CT molecular complexity index is 999. The number of aromatic nitrogens is 1. The Kier molecular flexibility index (Phi) is 5.14. The summed E-state index contributed by atoms with van der Waals surface area (Å²) in [7, 11) is 2.23. The van der Waals surface area contributed by atoms with E-state index in [1.54, 1.807) is 7.11 Å². The van der Waals surface area contributed by atoms with E-state index in [-0.39, 0.29) is 5.60 Å². The van der Waals surface area contributed by atoms with Gasteiger partial charge < -0.3 is 14.0 Å². The summed E-state index contributed by atoms with van der Waals surface area (Å²) < 4.78 is 13.9. The monoisotopic (exact) mass is 360 g/mol. The second kappa shape index (κ2) is 7.23. The summed E-state index contributed by atoms with van der Waals surface area (Å²) in [5.74, 6) is 0. The third kappa shape index (κ3) is 3.78. The standard InChI is InChI=1S/C22H25BN2O2/c1-21(2,26-5)22(3,4)27-23-18-9-10-20-17(14-18)11-12-25(20)19-8-6-7-16(13-19)15-24/h6-14,23H,1-5H3. The Morgan fingerprint density at radius 2 is 1.78 bits per heavy atom. The predicted molar refractivity (Wildman–Crippen MR) is 111 cm³/mol. The Morgan fingerprint density at radius 3 is 2.48 bits per heavy atom. The maximum absolute atomic E-state index is 9.13. The van der Waals surface area contributed by atoms with E-state index in [1.807, 2.05) is 58.2 Å². The molecule has 0 saturated heterocycles. The van der Waals surface area contributed by atoms with E-state index in [0.717, 1.165) is 22.1 Å². The minimum absolute atomic E-state index is 0.383. The number of nitriles is 1. The summed E-state index contributed by atoms with van der Waals surface area (Å²) in [6.07, 6.45) is 2.03. The van der Waals surface area contributed by atoms with Crippen molar-refractivity contribution in [2.24, 2.45) is 0 Å². The van der Waals surface area contributed by atoms with Crippen molar-refractivity contribution in [3.8, 4) is 11.8 Å². The number of benzene rings is 2. The zero-order valence-corrected chi connectivity index (χ0v) is 16.6. The first-order chi connectivity index (χ1) is 12.8. The Labute approximate surface area is 161 Å². The minimum atomic E-state index is -0.416. The molecule has 0 aliphatic heterocycles. The number of hydrogen-bond donors (Lipinski definition) is 0. The van der Waals surface area contributed by atoms with Gasteiger partial charge in [-0.15, -0.1) is 0 Å². The number of rotatable bonds is 6. The van der Waals surface area contributed by atoms with E-state index in [1.165, 1.54) is 0 Å². The Balaban J connectivity index is 1.85. The normalized spacial score (nSPS) is 12.1. The van der Waals surface area contributed by atoms with Gasteiger partial charge in [-0.1, -0.05) is 23.7 Å². The smallest absolute Gasteiger partial charge is 0.309 e. The topological polar surface area (TPSA) is 47.2 Å². The van der Waals surface area contributed by atoms with Gasteiger partial charge in [0.2, 0.25) is 0 Å². The molecule has 4 nitrogen and oxygen atoms in total. The van der Waals surface area contributed by atoms with Crippen molar-refractivity contribution in [1.29, 1.82) is 5.26 Å². The zero-order valence-electron chi connectivity index (χ0n) is 16.6. The SMILES string of the molecule is COC(C)(C)C(C)(C)OBc1ccc2c(ccn2-c2cccc(C#N)c2)c1. The minimum Gasteiger partial charge on any atom is -0.427 e. The van der Waals surface area contributed by atoms with E-state index in [4.69, 9.17) is 14.7 Å². The van der Waals surface area contributed by atoms with Gasteiger partial charge >= 0.3 is 7.48 Å². The maximum atomic E-state index is 9.13. The van der Waals surface area contributed by atoms with Crippen LogP contribution in [-0.4, -0.2) is 30.4 Å². The van der Waals surface area contributed by atoms with Gasteiger partial charge in [-0.3, -0.25) is 0 Å². The van der Waals surface area contributed by atoms with E-state index in [2.05, 4.69) is 34.9 Å². The molecule has 0 bridgehead atoms. The maximum Gasteiger partial charge on any atom is 0.309 e. The molecular weight excluding hydrogens is 335 g/mol. The van der Waals surface area contributed by atoms with Crippen LogP contribution in [0.15, 0.2) is 54.7 Å². The molecule has 27 heavy (non-hydrogen) atoms. The molecule has 0 atom stereocenters. The zero-order chi connectivity index (χ0) is 19.7. The largest absolute Gasteiger partial charge is 0.427 e. The predicted octanol–water partition coefficient (Wildman–Crippen LogP) is 3.70. The molecule has 3 rings (SSSR count).